The van der Waals surface area contributed by atoms with Crippen LogP contribution in [0.25, 0.3) is 0 Å². The molecule has 0 saturated carbocycles. The summed E-state index contributed by atoms with van der Waals surface area (Å²) in [4.78, 5) is 49.0. The zero-order valence-corrected chi connectivity index (χ0v) is 24.6. The van der Waals surface area contributed by atoms with E-state index in [4.69, 9.17) is 24.1 Å². The molecular formula is C26H45N3O15. The highest BCUT2D eigenvalue weighted by Crippen LogP contribution is 2.22. The Labute approximate surface area is 253 Å². The highest BCUT2D eigenvalue weighted by molar-refractivity contribution is 5.83. The molecule has 0 aromatic heterocycles. The Morgan fingerprint density at radius 1 is 0.727 bits per heavy atom. The number of ether oxygens (including phenoxy) is 4. The zero-order chi connectivity index (χ0) is 33.0. The number of carboxylic acid groups (broad SMARTS) is 1. The lowest BCUT2D eigenvalue weighted by Gasteiger charge is -2.39. The molecule has 2 saturated heterocycles. The molecule has 0 spiro atoms. The van der Waals surface area contributed by atoms with Gasteiger partial charge in [-0.25, -0.2) is 0 Å². The van der Waals surface area contributed by atoms with Crippen molar-refractivity contribution >= 4 is 24.4 Å². The summed E-state index contributed by atoms with van der Waals surface area (Å²) in [7, 11) is 0. The molecule has 44 heavy (non-hydrogen) atoms. The summed E-state index contributed by atoms with van der Waals surface area (Å²) >= 11 is 0. The van der Waals surface area contributed by atoms with Gasteiger partial charge in [-0.05, 0) is 26.7 Å². The first kappa shape index (κ1) is 38.0. The van der Waals surface area contributed by atoms with Crippen molar-refractivity contribution in [3.8, 4) is 0 Å². The summed E-state index contributed by atoms with van der Waals surface area (Å²) in [5.74, 6) is -1.69. The van der Waals surface area contributed by atoms with Crippen LogP contribution in [0.1, 0.15) is 39.5 Å². The van der Waals surface area contributed by atoms with E-state index in [9.17, 15) is 49.8 Å². The molecule has 2 unspecified atom stereocenters. The van der Waals surface area contributed by atoms with E-state index in [1.165, 1.54) is 13.8 Å². The fourth-order valence-electron chi connectivity index (χ4n) is 4.65. The lowest BCUT2D eigenvalue weighted by molar-refractivity contribution is -0.292. The smallest absolute Gasteiger partial charge is 0.303 e. The number of carbonyl (C=O) groups excluding carboxylic acids is 3. The fraction of sp³-hybridized carbons (Fsp3) is 0.846. The van der Waals surface area contributed by atoms with Gasteiger partial charge in [0, 0.05) is 25.9 Å². The molecule has 0 radical (unpaired) electrons. The number of aliphatic hydroxyl groups excluding tert-OH is 6. The molecule has 0 aliphatic carbocycles. The molecule has 2 rings (SSSR count). The molecular weight excluding hydrogens is 594 g/mol. The number of hydrogen-bond acceptors (Lipinski definition) is 16. The highest BCUT2D eigenvalue weighted by Gasteiger charge is 2.43. The molecule has 0 bridgehead atoms. The quantitative estimate of drug-likeness (QED) is 0.0365. The van der Waals surface area contributed by atoms with E-state index in [0.29, 0.717) is 12.6 Å². The summed E-state index contributed by atoms with van der Waals surface area (Å²) in [5, 5.41) is 74.0. The number of unbranched alkanes of at least 4 members (excludes halogenated alkanes) is 1. The second-order valence-electron chi connectivity index (χ2n) is 10.6. The molecule has 2 aliphatic heterocycles. The molecule has 2 fully saturated rings. The standard InChI is InChI=1S/C26H45N3O15/c1-13-19(35)21(37)23(39)25(43-13)41-9-7-27-15(11-30)29(17(32)5-3-4-6-18(33)34)16(12-31)28-8-10-42-26-24(40)22(38)20(36)14(2)44-26/h11-16,19-28,35-40H,3-10H2,1-2H3,(H,33,34)/t13-,14-,15?,16?,19+,20+,21+,22+,23-,24-,25+,26+/m0/s1. The number of hydrogen-bond donors (Lipinski definition) is 9. The number of carbonyl (C=O) groups is 4. The fourth-order valence-corrected chi connectivity index (χ4v) is 4.65. The summed E-state index contributed by atoms with van der Waals surface area (Å²) < 4.78 is 21.5. The lowest BCUT2D eigenvalue weighted by atomic mass is 10.0. The number of aliphatic hydroxyl groups is 6. The maximum Gasteiger partial charge on any atom is 0.303 e. The monoisotopic (exact) mass is 639 g/mol. The first-order chi connectivity index (χ1) is 20.8. The zero-order valence-electron chi connectivity index (χ0n) is 24.6. The van der Waals surface area contributed by atoms with E-state index in [0.717, 1.165) is 4.90 Å². The Balaban J connectivity index is 1.99. The van der Waals surface area contributed by atoms with Gasteiger partial charge in [0.1, 0.15) is 49.0 Å². The number of nitrogens with one attached hydrogen (secondary N) is 2. The van der Waals surface area contributed by atoms with Crippen LogP contribution in [-0.2, 0) is 38.1 Å². The molecule has 2 heterocycles. The van der Waals surface area contributed by atoms with Crippen LogP contribution in [0.3, 0.4) is 0 Å². The third-order valence-electron chi connectivity index (χ3n) is 7.27. The van der Waals surface area contributed by atoms with Crippen molar-refractivity contribution in [2.75, 3.05) is 26.3 Å². The van der Waals surface area contributed by atoms with Crippen molar-refractivity contribution in [1.82, 2.24) is 15.5 Å². The predicted octanol–water partition coefficient (Wildman–Crippen LogP) is -4.62. The molecule has 254 valence electrons. The number of rotatable bonds is 19. The number of nitrogens with zero attached hydrogens (tertiary/aromatic N) is 1. The second kappa shape index (κ2) is 18.7. The molecule has 1 amide bonds. The largest absolute Gasteiger partial charge is 0.481 e. The van der Waals surface area contributed by atoms with Crippen molar-refractivity contribution in [3.63, 3.8) is 0 Å². The minimum absolute atomic E-state index is 0.0935. The van der Waals surface area contributed by atoms with Gasteiger partial charge in [-0.1, -0.05) is 0 Å². The Kier molecular flexibility index (Phi) is 16.1. The van der Waals surface area contributed by atoms with E-state index < -0.39 is 85.6 Å². The summed E-state index contributed by atoms with van der Waals surface area (Å²) in [5.41, 5.74) is 0. The Morgan fingerprint density at radius 3 is 1.52 bits per heavy atom. The molecule has 18 nitrogen and oxygen atoms in total. The average Bonchev–Trinajstić information content (AvgIpc) is 2.99. The van der Waals surface area contributed by atoms with Crippen LogP contribution in [-0.4, -0.2) is 165 Å². The third-order valence-corrected chi connectivity index (χ3v) is 7.27. The number of carboxylic acids is 1. The van der Waals surface area contributed by atoms with Gasteiger partial charge in [0.15, 0.2) is 25.2 Å². The van der Waals surface area contributed by atoms with Crippen LogP contribution >= 0.6 is 0 Å². The maximum absolute atomic E-state index is 13.1. The van der Waals surface area contributed by atoms with E-state index in [-0.39, 0.29) is 52.0 Å². The number of aliphatic carboxylic acids is 1. The second-order valence-corrected chi connectivity index (χ2v) is 10.6. The van der Waals surface area contributed by atoms with Gasteiger partial charge in [0.25, 0.3) is 0 Å². The molecule has 12 atom stereocenters. The van der Waals surface area contributed by atoms with Crippen LogP contribution < -0.4 is 10.6 Å². The number of amides is 1. The minimum Gasteiger partial charge on any atom is -0.481 e. The summed E-state index contributed by atoms with van der Waals surface area (Å²) in [6.45, 7) is 2.41. The van der Waals surface area contributed by atoms with Gasteiger partial charge < -0.3 is 54.7 Å². The summed E-state index contributed by atoms with van der Waals surface area (Å²) in [6.07, 6.45) is -15.0. The Morgan fingerprint density at radius 2 is 1.14 bits per heavy atom. The van der Waals surface area contributed by atoms with Crippen LogP contribution in [0.5, 0.6) is 0 Å². The van der Waals surface area contributed by atoms with Gasteiger partial charge >= 0.3 is 5.97 Å². The topological polar surface area (TPSA) is 274 Å². The van der Waals surface area contributed by atoms with Crippen molar-refractivity contribution in [3.05, 3.63) is 0 Å². The van der Waals surface area contributed by atoms with E-state index in [1.54, 1.807) is 0 Å². The first-order valence-electron chi connectivity index (χ1n) is 14.4. The van der Waals surface area contributed by atoms with Crippen molar-refractivity contribution < 1.29 is 73.9 Å². The van der Waals surface area contributed by atoms with Crippen molar-refractivity contribution in [2.45, 2.75) is 113 Å². The average molecular weight is 640 g/mol. The van der Waals surface area contributed by atoms with Gasteiger partial charge in [-0.3, -0.25) is 34.7 Å². The predicted molar refractivity (Wildman–Crippen MR) is 145 cm³/mol. The van der Waals surface area contributed by atoms with E-state index in [1.807, 2.05) is 0 Å². The molecule has 2 aliphatic rings. The maximum atomic E-state index is 13.1. The van der Waals surface area contributed by atoms with Crippen molar-refractivity contribution in [1.29, 1.82) is 0 Å². The number of aldehydes is 2. The van der Waals surface area contributed by atoms with Crippen molar-refractivity contribution in [2.24, 2.45) is 0 Å². The SMILES string of the molecule is C[C@@H]1O[C@@H](OCCNC(C=O)N(C(=O)CCCCC(=O)O)C(C=O)NCCO[C@@H]2O[C@@H](C)[C@@H](O)[C@@H](O)[C@@H]2O)[C@@H](O)[C@H](O)[C@@H]1O. The Bertz CT molecular complexity index is 862. The lowest BCUT2D eigenvalue weighted by Crippen LogP contribution is -2.61. The van der Waals surface area contributed by atoms with Crippen LogP contribution in [0, 0.1) is 0 Å². The van der Waals surface area contributed by atoms with Gasteiger partial charge in [-0.2, -0.15) is 0 Å². The van der Waals surface area contributed by atoms with Gasteiger partial charge in [-0.15, -0.1) is 0 Å². The third kappa shape index (κ3) is 10.7. The highest BCUT2D eigenvalue weighted by atomic mass is 16.7. The van der Waals surface area contributed by atoms with Crippen LogP contribution in [0.2, 0.25) is 0 Å². The van der Waals surface area contributed by atoms with Crippen LogP contribution in [0.15, 0.2) is 0 Å². The summed E-state index contributed by atoms with van der Waals surface area (Å²) in [6, 6.07) is 0. The van der Waals surface area contributed by atoms with Crippen LogP contribution in [0.4, 0.5) is 0 Å². The minimum atomic E-state index is -1.55. The molecule has 9 N–H and O–H groups in total. The van der Waals surface area contributed by atoms with Gasteiger partial charge in [0.2, 0.25) is 5.91 Å². The van der Waals surface area contributed by atoms with Gasteiger partial charge in [0.05, 0.1) is 25.4 Å². The Hall–Kier alpha value is -2.20. The first-order valence-corrected chi connectivity index (χ1v) is 14.4. The normalized spacial score (nSPS) is 33.7. The molecule has 0 aromatic rings. The van der Waals surface area contributed by atoms with E-state index >= 15 is 0 Å². The molecule has 18 heteroatoms. The molecule has 0 aromatic carbocycles. The van der Waals surface area contributed by atoms with E-state index in [2.05, 4.69) is 10.6 Å².